The second-order valence-corrected chi connectivity index (χ2v) is 8.71. The van der Waals surface area contributed by atoms with Gasteiger partial charge in [-0.3, -0.25) is 0 Å². The van der Waals surface area contributed by atoms with Gasteiger partial charge >= 0.3 is 0 Å². The van der Waals surface area contributed by atoms with Crippen molar-refractivity contribution in [2.75, 3.05) is 28.8 Å². The molecule has 0 aliphatic carbocycles. The lowest BCUT2D eigenvalue weighted by Gasteiger charge is -2.24. The first-order valence-electron chi connectivity index (χ1n) is 7.21. The Kier molecular flexibility index (Phi) is 4.54. The summed E-state index contributed by atoms with van der Waals surface area (Å²) in [5.74, 6) is 1.81. The van der Waals surface area contributed by atoms with Crippen LogP contribution in [-0.2, 0) is 9.84 Å². The van der Waals surface area contributed by atoms with Crippen molar-refractivity contribution in [3.8, 4) is 0 Å². The van der Waals surface area contributed by atoms with E-state index in [9.17, 15) is 8.42 Å². The number of hydrogen-bond acceptors (Lipinski definition) is 6. The molecule has 0 amide bonds. The molecule has 0 bridgehead atoms. The lowest BCUT2D eigenvalue weighted by atomic mass is 10.2. The number of anilines is 3. The van der Waals surface area contributed by atoms with E-state index in [4.69, 9.17) is 0 Å². The zero-order valence-electron chi connectivity index (χ0n) is 12.6. The van der Waals surface area contributed by atoms with Crippen LogP contribution < -0.4 is 10.2 Å². The fraction of sp³-hybridized carbons (Fsp3) is 0.333. The molecule has 8 heteroatoms. The molecule has 1 aliphatic rings. The third-order valence-electron chi connectivity index (χ3n) is 3.89. The van der Waals surface area contributed by atoms with E-state index in [2.05, 4.69) is 31.2 Å². The highest BCUT2D eigenvalue weighted by Crippen LogP contribution is 2.24. The molecular weight excluding hydrogens is 380 g/mol. The monoisotopic (exact) mass is 396 g/mol. The Bertz CT molecular complexity index is 795. The van der Waals surface area contributed by atoms with Gasteiger partial charge in [-0.2, -0.15) is 0 Å². The van der Waals surface area contributed by atoms with E-state index in [-0.39, 0.29) is 17.5 Å². The maximum atomic E-state index is 11.6. The number of rotatable bonds is 4. The Hall–Kier alpha value is -1.67. The van der Waals surface area contributed by atoms with Gasteiger partial charge in [0.1, 0.15) is 18.0 Å². The molecule has 0 saturated carbocycles. The Labute approximate surface area is 144 Å². The van der Waals surface area contributed by atoms with Crippen LogP contribution in [0.5, 0.6) is 0 Å². The summed E-state index contributed by atoms with van der Waals surface area (Å²) in [6.45, 7) is 0. The van der Waals surface area contributed by atoms with Crippen molar-refractivity contribution in [3.05, 3.63) is 41.1 Å². The number of sulfone groups is 1. The van der Waals surface area contributed by atoms with Crippen LogP contribution >= 0.6 is 15.9 Å². The van der Waals surface area contributed by atoms with Gasteiger partial charge in [-0.05, 0) is 30.7 Å². The van der Waals surface area contributed by atoms with Crippen molar-refractivity contribution in [1.82, 2.24) is 9.97 Å². The molecule has 0 spiro atoms. The Balaban J connectivity index is 1.75. The molecule has 0 radical (unpaired) electrons. The second kappa shape index (κ2) is 6.45. The highest BCUT2D eigenvalue weighted by molar-refractivity contribution is 9.10. The summed E-state index contributed by atoms with van der Waals surface area (Å²) >= 11 is 3.40. The summed E-state index contributed by atoms with van der Waals surface area (Å²) in [6, 6.07) is 9.57. The first kappa shape index (κ1) is 16.2. The molecule has 6 nitrogen and oxygen atoms in total. The summed E-state index contributed by atoms with van der Waals surface area (Å²) < 4.78 is 24.3. The van der Waals surface area contributed by atoms with Gasteiger partial charge in [0.05, 0.1) is 11.5 Å². The SMILES string of the molecule is CN(c1cc(Nc2ccc(Br)cc2)ncn1)C1CCS(=O)(=O)C1. The number of hydrogen-bond donors (Lipinski definition) is 1. The molecular formula is C15H17BrN4O2S. The highest BCUT2D eigenvalue weighted by Gasteiger charge is 2.31. The van der Waals surface area contributed by atoms with Crippen LogP contribution in [-0.4, -0.2) is 43.0 Å². The second-order valence-electron chi connectivity index (χ2n) is 5.56. The van der Waals surface area contributed by atoms with Crippen LogP contribution in [0.4, 0.5) is 17.3 Å². The molecule has 2 heterocycles. The molecule has 1 fully saturated rings. The topological polar surface area (TPSA) is 75.2 Å². The minimum atomic E-state index is -2.92. The fourth-order valence-electron chi connectivity index (χ4n) is 2.56. The van der Waals surface area contributed by atoms with Gasteiger partial charge in [-0.15, -0.1) is 0 Å². The number of nitrogens with zero attached hydrogens (tertiary/aromatic N) is 3. The standard InChI is InChI=1S/C15H17BrN4O2S/c1-20(13-6-7-23(21,22)9-13)15-8-14(17-10-18-15)19-12-4-2-11(16)3-5-12/h2-5,8,10,13H,6-7,9H2,1H3,(H,17,18,19). The minimum Gasteiger partial charge on any atom is -0.355 e. The van der Waals surface area contributed by atoms with Crippen molar-refractivity contribution in [2.24, 2.45) is 0 Å². The van der Waals surface area contributed by atoms with Crippen molar-refractivity contribution >= 4 is 43.1 Å². The maximum absolute atomic E-state index is 11.6. The smallest absolute Gasteiger partial charge is 0.152 e. The van der Waals surface area contributed by atoms with Crippen molar-refractivity contribution < 1.29 is 8.42 Å². The van der Waals surface area contributed by atoms with E-state index < -0.39 is 9.84 Å². The number of benzene rings is 1. The van der Waals surface area contributed by atoms with Crippen molar-refractivity contribution in [3.63, 3.8) is 0 Å². The van der Waals surface area contributed by atoms with Gasteiger partial charge in [0.2, 0.25) is 0 Å². The van der Waals surface area contributed by atoms with Crippen LogP contribution in [0.15, 0.2) is 41.1 Å². The number of aromatic nitrogens is 2. The molecule has 2 aromatic rings. The van der Waals surface area contributed by atoms with E-state index in [1.165, 1.54) is 6.33 Å². The van der Waals surface area contributed by atoms with E-state index in [0.29, 0.717) is 18.1 Å². The zero-order chi connectivity index (χ0) is 16.4. The molecule has 122 valence electrons. The van der Waals surface area contributed by atoms with Gasteiger partial charge in [-0.1, -0.05) is 15.9 Å². The van der Waals surface area contributed by atoms with Gasteiger partial charge in [0, 0.05) is 29.3 Å². The largest absolute Gasteiger partial charge is 0.355 e. The van der Waals surface area contributed by atoms with E-state index in [1.807, 2.05) is 42.3 Å². The highest BCUT2D eigenvalue weighted by atomic mass is 79.9. The number of halogens is 1. The minimum absolute atomic E-state index is 0.0320. The first-order chi connectivity index (χ1) is 10.9. The Morgan fingerprint density at radius 3 is 2.65 bits per heavy atom. The van der Waals surface area contributed by atoms with Gasteiger partial charge < -0.3 is 10.2 Å². The third kappa shape index (κ3) is 4.00. The third-order valence-corrected chi connectivity index (χ3v) is 6.17. The summed E-state index contributed by atoms with van der Waals surface area (Å²) in [7, 11) is -1.04. The maximum Gasteiger partial charge on any atom is 0.152 e. The normalized spacial score (nSPS) is 19.5. The van der Waals surface area contributed by atoms with Gasteiger partial charge in [0.25, 0.3) is 0 Å². The van der Waals surface area contributed by atoms with Crippen LogP contribution in [0.25, 0.3) is 0 Å². The fourth-order valence-corrected chi connectivity index (χ4v) is 4.60. The molecule has 1 N–H and O–H groups in total. The van der Waals surface area contributed by atoms with Crippen LogP contribution in [0.2, 0.25) is 0 Å². The Morgan fingerprint density at radius 2 is 2.00 bits per heavy atom. The molecule has 1 saturated heterocycles. The predicted molar refractivity (Wildman–Crippen MR) is 94.9 cm³/mol. The van der Waals surface area contributed by atoms with Crippen LogP contribution in [0.1, 0.15) is 6.42 Å². The van der Waals surface area contributed by atoms with Crippen molar-refractivity contribution in [1.29, 1.82) is 0 Å². The van der Waals surface area contributed by atoms with E-state index in [1.54, 1.807) is 0 Å². The van der Waals surface area contributed by atoms with Gasteiger partial charge in [0.15, 0.2) is 9.84 Å². The molecule has 1 aliphatic heterocycles. The molecule has 1 aromatic heterocycles. The van der Waals surface area contributed by atoms with Gasteiger partial charge in [-0.25, -0.2) is 18.4 Å². The average Bonchev–Trinajstić information content (AvgIpc) is 2.89. The summed E-state index contributed by atoms with van der Waals surface area (Å²) in [5, 5.41) is 3.22. The lowest BCUT2D eigenvalue weighted by Crippen LogP contribution is -2.33. The van der Waals surface area contributed by atoms with E-state index >= 15 is 0 Å². The number of nitrogens with one attached hydrogen (secondary N) is 1. The summed E-state index contributed by atoms with van der Waals surface area (Å²) in [5.41, 5.74) is 0.920. The molecule has 1 aromatic carbocycles. The van der Waals surface area contributed by atoms with E-state index in [0.717, 1.165) is 10.2 Å². The molecule has 3 rings (SSSR count). The zero-order valence-corrected chi connectivity index (χ0v) is 15.0. The first-order valence-corrected chi connectivity index (χ1v) is 9.82. The summed E-state index contributed by atoms with van der Waals surface area (Å²) in [6.07, 6.45) is 2.12. The lowest BCUT2D eigenvalue weighted by molar-refractivity contribution is 0.600. The average molecular weight is 397 g/mol. The predicted octanol–water partition coefficient (Wildman–Crippen LogP) is 2.61. The molecule has 1 unspecified atom stereocenters. The molecule has 1 atom stereocenters. The molecule has 23 heavy (non-hydrogen) atoms. The summed E-state index contributed by atoms with van der Waals surface area (Å²) in [4.78, 5) is 10.4. The quantitative estimate of drug-likeness (QED) is 0.855. The van der Waals surface area contributed by atoms with Crippen LogP contribution in [0.3, 0.4) is 0 Å². The van der Waals surface area contributed by atoms with Crippen LogP contribution in [0, 0.1) is 0 Å². The van der Waals surface area contributed by atoms with Crippen molar-refractivity contribution in [2.45, 2.75) is 12.5 Å². The Morgan fingerprint density at radius 1 is 1.26 bits per heavy atom.